The van der Waals surface area contributed by atoms with Crippen molar-refractivity contribution in [2.75, 3.05) is 13.1 Å². The maximum absolute atomic E-state index is 4.27. The second kappa shape index (κ2) is 5.60. The highest BCUT2D eigenvalue weighted by molar-refractivity contribution is 5.24. The number of hydrogen-bond acceptors (Lipinski definition) is 3. The van der Waals surface area contributed by atoms with Crippen molar-refractivity contribution in [3.8, 4) is 0 Å². The van der Waals surface area contributed by atoms with Crippen molar-refractivity contribution in [3.05, 3.63) is 48.0 Å². The van der Waals surface area contributed by atoms with Crippen LogP contribution in [0, 0.1) is 5.41 Å². The van der Waals surface area contributed by atoms with Gasteiger partial charge in [-0.05, 0) is 17.9 Å². The quantitative estimate of drug-likeness (QED) is 0.865. The highest BCUT2D eigenvalue weighted by Crippen LogP contribution is 2.42. The summed E-state index contributed by atoms with van der Waals surface area (Å²) < 4.78 is 2.13. The van der Waals surface area contributed by atoms with Gasteiger partial charge < -0.3 is 4.57 Å². The lowest BCUT2D eigenvalue weighted by Crippen LogP contribution is -2.24. The van der Waals surface area contributed by atoms with Gasteiger partial charge in [0, 0.05) is 25.6 Å². The van der Waals surface area contributed by atoms with Gasteiger partial charge in [-0.1, -0.05) is 44.2 Å². The van der Waals surface area contributed by atoms with Gasteiger partial charge in [0.15, 0.2) is 0 Å². The average molecular weight is 284 g/mol. The Labute approximate surface area is 126 Å². The first-order valence-corrected chi connectivity index (χ1v) is 7.74. The lowest BCUT2D eigenvalue weighted by atomic mass is 9.78. The van der Waals surface area contributed by atoms with Crippen molar-refractivity contribution in [3.63, 3.8) is 0 Å². The van der Waals surface area contributed by atoms with Gasteiger partial charge in [-0.15, -0.1) is 10.2 Å². The molecule has 21 heavy (non-hydrogen) atoms. The Morgan fingerprint density at radius 3 is 2.71 bits per heavy atom. The lowest BCUT2D eigenvalue weighted by Gasteiger charge is -2.26. The lowest BCUT2D eigenvalue weighted by molar-refractivity contribution is 0.273. The molecular formula is C17H24N4. The molecule has 1 aromatic carbocycles. The SMILES string of the molecule is CCn1cnnc1CN1C[C@H](c2ccccc2)C(C)(C)C1. The van der Waals surface area contributed by atoms with Crippen LogP contribution >= 0.6 is 0 Å². The third-order valence-electron chi connectivity index (χ3n) is 4.62. The molecule has 1 aliphatic rings. The molecule has 0 spiro atoms. The first-order chi connectivity index (χ1) is 10.1. The zero-order valence-electron chi connectivity index (χ0n) is 13.2. The molecule has 4 heteroatoms. The minimum Gasteiger partial charge on any atom is -0.317 e. The van der Waals surface area contributed by atoms with Gasteiger partial charge in [0.2, 0.25) is 0 Å². The first kappa shape index (κ1) is 14.3. The maximum Gasteiger partial charge on any atom is 0.146 e. The largest absolute Gasteiger partial charge is 0.317 e. The van der Waals surface area contributed by atoms with Gasteiger partial charge in [0.1, 0.15) is 12.2 Å². The molecule has 1 saturated heterocycles. The van der Waals surface area contributed by atoms with E-state index in [4.69, 9.17) is 0 Å². The molecule has 3 rings (SSSR count). The Kier molecular flexibility index (Phi) is 3.81. The van der Waals surface area contributed by atoms with Crippen molar-refractivity contribution in [2.45, 2.75) is 39.8 Å². The van der Waals surface area contributed by atoms with Gasteiger partial charge in [-0.3, -0.25) is 4.90 Å². The Bertz CT molecular complexity index is 588. The van der Waals surface area contributed by atoms with Crippen LogP contribution in [-0.4, -0.2) is 32.8 Å². The molecule has 112 valence electrons. The van der Waals surface area contributed by atoms with E-state index in [9.17, 15) is 0 Å². The molecule has 4 nitrogen and oxygen atoms in total. The number of hydrogen-bond donors (Lipinski definition) is 0. The first-order valence-electron chi connectivity index (χ1n) is 7.74. The van der Waals surface area contributed by atoms with Crippen molar-refractivity contribution in [1.29, 1.82) is 0 Å². The van der Waals surface area contributed by atoms with Crippen molar-refractivity contribution < 1.29 is 0 Å². The summed E-state index contributed by atoms with van der Waals surface area (Å²) in [5, 5.41) is 8.30. The van der Waals surface area contributed by atoms with Crippen LogP contribution in [-0.2, 0) is 13.1 Å². The molecule has 0 unspecified atom stereocenters. The summed E-state index contributed by atoms with van der Waals surface area (Å²) in [5.74, 6) is 1.65. The Balaban J connectivity index is 1.76. The molecule has 1 atom stereocenters. The van der Waals surface area contributed by atoms with E-state index < -0.39 is 0 Å². The summed E-state index contributed by atoms with van der Waals surface area (Å²) in [6.07, 6.45) is 1.82. The van der Waals surface area contributed by atoms with Gasteiger partial charge >= 0.3 is 0 Å². The molecule has 0 saturated carbocycles. The van der Waals surface area contributed by atoms with Crippen LogP contribution in [0.15, 0.2) is 36.7 Å². The Morgan fingerprint density at radius 2 is 2.00 bits per heavy atom. The van der Waals surface area contributed by atoms with Crippen LogP contribution in [0.25, 0.3) is 0 Å². The van der Waals surface area contributed by atoms with E-state index in [1.54, 1.807) is 0 Å². The highest BCUT2D eigenvalue weighted by Gasteiger charge is 2.40. The van der Waals surface area contributed by atoms with E-state index in [-0.39, 0.29) is 0 Å². The van der Waals surface area contributed by atoms with Crippen LogP contribution in [0.5, 0.6) is 0 Å². The molecule has 1 aliphatic heterocycles. The Hall–Kier alpha value is -1.68. The van der Waals surface area contributed by atoms with E-state index in [0.29, 0.717) is 11.3 Å². The smallest absolute Gasteiger partial charge is 0.146 e. The normalized spacial score (nSPS) is 21.8. The van der Waals surface area contributed by atoms with Crippen molar-refractivity contribution in [1.82, 2.24) is 19.7 Å². The van der Waals surface area contributed by atoms with Crippen LogP contribution in [0.3, 0.4) is 0 Å². The molecule has 2 aromatic rings. The fourth-order valence-electron chi connectivity index (χ4n) is 3.48. The summed E-state index contributed by atoms with van der Waals surface area (Å²) >= 11 is 0. The van der Waals surface area contributed by atoms with Gasteiger partial charge in [0.25, 0.3) is 0 Å². The highest BCUT2D eigenvalue weighted by atomic mass is 15.3. The van der Waals surface area contributed by atoms with Crippen LogP contribution in [0.4, 0.5) is 0 Å². The van der Waals surface area contributed by atoms with Crippen LogP contribution < -0.4 is 0 Å². The summed E-state index contributed by atoms with van der Waals surface area (Å²) in [6.45, 7) is 10.9. The summed E-state index contributed by atoms with van der Waals surface area (Å²) in [6, 6.07) is 10.9. The molecule has 0 bridgehead atoms. The third kappa shape index (κ3) is 2.86. The zero-order chi connectivity index (χ0) is 14.9. The number of rotatable bonds is 4. The molecule has 1 aromatic heterocycles. The number of aryl methyl sites for hydroxylation is 1. The maximum atomic E-state index is 4.27. The average Bonchev–Trinajstić information content (AvgIpc) is 3.03. The minimum atomic E-state index is 0.290. The summed E-state index contributed by atoms with van der Waals surface area (Å²) in [7, 11) is 0. The molecular weight excluding hydrogens is 260 g/mol. The molecule has 0 aliphatic carbocycles. The molecule has 0 N–H and O–H groups in total. The van der Waals surface area contributed by atoms with Gasteiger partial charge in [-0.25, -0.2) is 0 Å². The van der Waals surface area contributed by atoms with E-state index in [1.807, 2.05) is 6.33 Å². The third-order valence-corrected chi connectivity index (χ3v) is 4.62. The van der Waals surface area contributed by atoms with E-state index in [0.717, 1.165) is 32.0 Å². The topological polar surface area (TPSA) is 34.0 Å². The Morgan fingerprint density at radius 1 is 1.24 bits per heavy atom. The standard InChI is InChI=1S/C17H24N4/c1-4-21-13-18-19-16(21)11-20-10-15(17(2,3)12-20)14-8-6-5-7-9-14/h5-9,13,15H,4,10-12H2,1-3H3/t15-/m1/s1. The van der Waals surface area contributed by atoms with E-state index >= 15 is 0 Å². The van der Waals surface area contributed by atoms with Gasteiger partial charge in [-0.2, -0.15) is 0 Å². The predicted molar refractivity (Wildman–Crippen MR) is 83.9 cm³/mol. The van der Waals surface area contributed by atoms with E-state index in [2.05, 4.69) is 70.8 Å². The number of nitrogens with zero attached hydrogens (tertiary/aromatic N) is 4. The zero-order valence-corrected chi connectivity index (χ0v) is 13.2. The molecule has 2 heterocycles. The predicted octanol–water partition coefficient (Wildman–Crippen LogP) is 2.92. The molecule has 0 radical (unpaired) electrons. The van der Waals surface area contributed by atoms with Crippen LogP contribution in [0.1, 0.15) is 38.1 Å². The number of benzene rings is 1. The van der Waals surface area contributed by atoms with Crippen LogP contribution in [0.2, 0.25) is 0 Å². The molecule has 0 amide bonds. The monoisotopic (exact) mass is 284 g/mol. The fourth-order valence-corrected chi connectivity index (χ4v) is 3.48. The summed E-state index contributed by atoms with van der Waals surface area (Å²) in [4.78, 5) is 2.51. The van der Waals surface area contributed by atoms with Crippen molar-refractivity contribution >= 4 is 0 Å². The van der Waals surface area contributed by atoms with Crippen molar-refractivity contribution in [2.24, 2.45) is 5.41 Å². The molecule has 1 fully saturated rings. The second-order valence-electron chi connectivity index (χ2n) is 6.65. The fraction of sp³-hybridized carbons (Fsp3) is 0.529. The minimum absolute atomic E-state index is 0.290. The number of aromatic nitrogens is 3. The second-order valence-corrected chi connectivity index (χ2v) is 6.65. The van der Waals surface area contributed by atoms with E-state index in [1.165, 1.54) is 5.56 Å². The number of likely N-dealkylation sites (tertiary alicyclic amines) is 1. The summed E-state index contributed by atoms with van der Waals surface area (Å²) in [5.41, 5.74) is 1.74. The van der Waals surface area contributed by atoms with Gasteiger partial charge in [0.05, 0.1) is 6.54 Å².